The van der Waals surface area contributed by atoms with Gasteiger partial charge in [0.05, 0.1) is 11.5 Å². The van der Waals surface area contributed by atoms with Crippen molar-refractivity contribution < 1.29 is 9.90 Å². The molecular weight excluding hydrogens is 446 g/mol. The number of aromatic amines is 1. The van der Waals surface area contributed by atoms with Gasteiger partial charge in [0.15, 0.2) is 5.16 Å². The molecule has 162 valence electrons. The number of hydrogen-bond donors (Lipinski definition) is 3. The van der Waals surface area contributed by atoms with Crippen LogP contribution in [0.1, 0.15) is 35.4 Å². The molecule has 2 atom stereocenters. The quantitative estimate of drug-likeness (QED) is 0.377. The fraction of sp³-hybridized carbons (Fsp3) is 0.208. The summed E-state index contributed by atoms with van der Waals surface area (Å²) in [5, 5.41) is 14.4. The molecule has 0 unspecified atom stereocenters. The maximum absolute atomic E-state index is 13.2. The van der Waals surface area contributed by atoms with E-state index in [1.807, 2.05) is 36.4 Å². The summed E-state index contributed by atoms with van der Waals surface area (Å²) in [4.78, 5) is 33.7. The van der Waals surface area contributed by atoms with Crippen LogP contribution in [0.25, 0.3) is 0 Å². The summed E-state index contributed by atoms with van der Waals surface area (Å²) in [6, 6.07) is 14.3. The van der Waals surface area contributed by atoms with Crippen molar-refractivity contribution >= 4 is 35.0 Å². The molecule has 0 saturated heterocycles. The number of nitrogens with one attached hydrogen (secondary N) is 2. The minimum atomic E-state index is -0.517. The molecule has 1 aliphatic heterocycles. The average Bonchev–Trinajstić information content (AvgIpc) is 2.77. The Morgan fingerprint density at radius 1 is 1.12 bits per heavy atom. The van der Waals surface area contributed by atoms with Crippen molar-refractivity contribution in [2.75, 3.05) is 5.32 Å². The van der Waals surface area contributed by atoms with Crippen LogP contribution in [-0.4, -0.2) is 20.9 Å². The summed E-state index contributed by atoms with van der Waals surface area (Å²) >= 11 is 7.64. The monoisotopic (exact) mass is 465 g/mol. The molecule has 3 N–H and O–H groups in total. The number of phenolic OH excluding ortho intramolecular Hbond substituents is 1. The first kappa shape index (κ1) is 20.8. The number of hydrogen-bond acceptors (Lipinski definition) is 6. The highest BCUT2D eigenvalue weighted by atomic mass is 35.5. The van der Waals surface area contributed by atoms with Crippen LogP contribution in [0.3, 0.4) is 0 Å². The van der Waals surface area contributed by atoms with Gasteiger partial charge >= 0.3 is 0 Å². The Bertz CT molecular complexity index is 1300. The van der Waals surface area contributed by atoms with E-state index in [0.29, 0.717) is 45.7 Å². The lowest BCUT2D eigenvalue weighted by Gasteiger charge is -2.36. The Kier molecular flexibility index (Phi) is 5.53. The van der Waals surface area contributed by atoms with E-state index in [2.05, 4.69) is 15.3 Å². The smallest absolute Gasteiger partial charge is 0.257 e. The first-order chi connectivity index (χ1) is 15.5. The maximum Gasteiger partial charge on any atom is 0.257 e. The number of aromatic nitrogens is 2. The normalized spacial score (nSPS) is 19.5. The molecular formula is C24H20ClN3O3S. The third-order valence-corrected chi connectivity index (χ3v) is 7.12. The number of thioether (sulfide) groups is 1. The molecule has 0 saturated carbocycles. The van der Waals surface area contributed by atoms with Crippen molar-refractivity contribution in [3.63, 3.8) is 0 Å². The molecule has 32 heavy (non-hydrogen) atoms. The Morgan fingerprint density at radius 2 is 1.97 bits per heavy atom. The molecule has 0 amide bonds. The van der Waals surface area contributed by atoms with Crippen LogP contribution in [0.5, 0.6) is 5.75 Å². The van der Waals surface area contributed by atoms with E-state index in [4.69, 9.17) is 11.6 Å². The predicted molar refractivity (Wildman–Crippen MR) is 125 cm³/mol. The van der Waals surface area contributed by atoms with Gasteiger partial charge in [-0.15, -0.1) is 0 Å². The third kappa shape index (κ3) is 3.82. The summed E-state index contributed by atoms with van der Waals surface area (Å²) in [5.41, 5.74) is 2.54. The van der Waals surface area contributed by atoms with Gasteiger partial charge < -0.3 is 15.4 Å². The lowest BCUT2D eigenvalue weighted by atomic mass is 9.72. The molecule has 0 bridgehead atoms. The van der Waals surface area contributed by atoms with Gasteiger partial charge in [-0.3, -0.25) is 9.59 Å². The second-order valence-corrected chi connectivity index (χ2v) is 9.22. The van der Waals surface area contributed by atoms with E-state index < -0.39 is 11.8 Å². The molecule has 5 rings (SSSR count). The third-order valence-electron chi connectivity index (χ3n) is 5.83. The van der Waals surface area contributed by atoms with E-state index >= 15 is 0 Å². The second kappa shape index (κ2) is 8.48. The Labute approximate surface area is 193 Å². The molecule has 3 aromatic rings. The van der Waals surface area contributed by atoms with Crippen LogP contribution >= 0.6 is 23.4 Å². The van der Waals surface area contributed by atoms with Gasteiger partial charge in [-0.05, 0) is 35.7 Å². The lowest BCUT2D eigenvalue weighted by Crippen LogP contribution is -2.38. The van der Waals surface area contributed by atoms with E-state index in [0.717, 1.165) is 11.3 Å². The molecule has 8 heteroatoms. The van der Waals surface area contributed by atoms with Crippen molar-refractivity contribution in [1.29, 1.82) is 0 Å². The number of aromatic hydroxyl groups is 1. The maximum atomic E-state index is 13.2. The number of phenols is 1. The van der Waals surface area contributed by atoms with Gasteiger partial charge in [0.25, 0.3) is 5.56 Å². The number of fused-ring (bicyclic) bond motifs is 2. The van der Waals surface area contributed by atoms with Crippen LogP contribution in [0.15, 0.2) is 70.3 Å². The standard InChI is InChI=1S/C24H20ClN3O3S/c25-16-8-2-1-5-14(16)12-32-24-27-22-21(23(31)28-24)19(13-6-3-7-15(29)11-13)20-17(26-22)9-4-10-18(20)30/h1-3,5-9,11,19-20,29H,4,10,12H2,(H2,26,27,28,31)/t19-,20-/m1/s1. The van der Waals surface area contributed by atoms with Gasteiger partial charge in [-0.2, -0.15) is 0 Å². The molecule has 6 nitrogen and oxygen atoms in total. The largest absolute Gasteiger partial charge is 0.508 e. The highest BCUT2D eigenvalue weighted by molar-refractivity contribution is 7.98. The molecule has 0 fully saturated rings. The number of benzene rings is 2. The zero-order chi connectivity index (χ0) is 22.2. The van der Waals surface area contributed by atoms with E-state index in [9.17, 15) is 14.7 Å². The topological polar surface area (TPSA) is 95.1 Å². The van der Waals surface area contributed by atoms with Crippen LogP contribution in [0.2, 0.25) is 5.02 Å². The number of anilines is 1. The summed E-state index contributed by atoms with van der Waals surface area (Å²) in [6.07, 6.45) is 3.08. The van der Waals surface area contributed by atoms with E-state index in [-0.39, 0.29) is 17.1 Å². The molecule has 0 spiro atoms. The van der Waals surface area contributed by atoms with Crippen molar-refractivity contribution in [2.45, 2.75) is 29.7 Å². The zero-order valence-electron chi connectivity index (χ0n) is 17.0. The fourth-order valence-corrected chi connectivity index (χ4v) is 5.52. The SMILES string of the molecule is O=C1CCC=C2Nc3nc(SCc4ccccc4Cl)[nH]c(=O)c3[C@H](c3cccc(O)c3)[C@@H]12. The van der Waals surface area contributed by atoms with Crippen molar-refractivity contribution in [1.82, 2.24) is 9.97 Å². The molecule has 2 heterocycles. The highest BCUT2D eigenvalue weighted by Crippen LogP contribution is 2.45. The van der Waals surface area contributed by atoms with Crippen molar-refractivity contribution in [2.24, 2.45) is 5.92 Å². The Hall–Kier alpha value is -3.03. The predicted octanol–water partition coefficient (Wildman–Crippen LogP) is 4.84. The summed E-state index contributed by atoms with van der Waals surface area (Å²) in [7, 11) is 0. The van der Waals surface area contributed by atoms with Gasteiger partial charge in [0, 0.05) is 28.8 Å². The number of carbonyl (C=O) groups excluding carboxylic acids is 1. The molecule has 1 aromatic heterocycles. The number of Topliss-reactive ketones (excluding diaryl/α,β-unsaturated/α-hetero) is 1. The number of nitrogens with zero attached hydrogens (tertiary/aromatic N) is 1. The number of rotatable bonds is 4. The Morgan fingerprint density at radius 3 is 2.78 bits per heavy atom. The average molecular weight is 466 g/mol. The number of ketones is 1. The number of halogens is 1. The van der Waals surface area contributed by atoms with Gasteiger partial charge in [-0.1, -0.05) is 59.8 Å². The van der Waals surface area contributed by atoms with Crippen molar-refractivity contribution in [3.05, 3.63) is 92.4 Å². The first-order valence-electron chi connectivity index (χ1n) is 10.3. The summed E-state index contributed by atoms with van der Waals surface area (Å²) < 4.78 is 0. The first-order valence-corrected chi connectivity index (χ1v) is 11.7. The molecule has 1 aliphatic carbocycles. The van der Waals surface area contributed by atoms with Crippen LogP contribution in [0, 0.1) is 5.92 Å². The lowest BCUT2D eigenvalue weighted by molar-refractivity contribution is -0.122. The van der Waals surface area contributed by atoms with Crippen LogP contribution in [0.4, 0.5) is 5.82 Å². The number of carbonyl (C=O) groups is 1. The van der Waals surface area contributed by atoms with Gasteiger partial charge in [-0.25, -0.2) is 4.98 Å². The van der Waals surface area contributed by atoms with Crippen molar-refractivity contribution in [3.8, 4) is 5.75 Å². The Balaban J connectivity index is 1.57. The highest BCUT2D eigenvalue weighted by Gasteiger charge is 2.42. The van der Waals surface area contributed by atoms with Crippen LogP contribution < -0.4 is 10.9 Å². The minimum absolute atomic E-state index is 0.0746. The number of allylic oxidation sites excluding steroid dienone is 2. The zero-order valence-corrected chi connectivity index (χ0v) is 18.5. The minimum Gasteiger partial charge on any atom is -0.508 e. The van der Waals surface area contributed by atoms with E-state index in [1.54, 1.807) is 18.2 Å². The van der Waals surface area contributed by atoms with E-state index in [1.165, 1.54) is 11.8 Å². The summed E-state index contributed by atoms with van der Waals surface area (Å²) in [5.74, 6) is 0.152. The summed E-state index contributed by atoms with van der Waals surface area (Å²) in [6.45, 7) is 0. The van der Waals surface area contributed by atoms with Crippen LogP contribution in [-0.2, 0) is 10.5 Å². The fourth-order valence-electron chi connectivity index (χ4n) is 4.38. The second-order valence-electron chi connectivity index (χ2n) is 7.85. The molecule has 2 aliphatic rings. The molecule has 2 aromatic carbocycles. The van der Waals surface area contributed by atoms with Gasteiger partial charge in [0.2, 0.25) is 0 Å². The van der Waals surface area contributed by atoms with Gasteiger partial charge in [0.1, 0.15) is 17.4 Å². The molecule has 0 radical (unpaired) electrons. The number of H-pyrrole nitrogens is 1.